The molecule has 0 saturated carbocycles. The van der Waals surface area contributed by atoms with Crippen molar-refractivity contribution in [2.75, 3.05) is 24.2 Å². The van der Waals surface area contributed by atoms with Crippen molar-refractivity contribution in [3.05, 3.63) is 63.9 Å². The van der Waals surface area contributed by atoms with Crippen LogP contribution in [0.4, 0.5) is 10.1 Å². The molecule has 0 aliphatic heterocycles. The molecule has 1 N–H and O–H groups in total. The summed E-state index contributed by atoms with van der Waals surface area (Å²) in [6.45, 7) is 0.783. The number of hydrogen-bond donors (Lipinski definition) is 1. The number of benzene rings is 2. The Morgan fingerprint density at radius 2 is 1.65 bits per heavy atom. The second kappa shape index (κ2) is 10.3. The van der Waals surface area contributed by atoms with Crippen molar-refractivity contribution in [1.29, 1.82) is 0 Å². The summed E-state index contributed by atoms with van der Waals surface area (Å²) < 4.78 is 38.8. The zero-order chi connectivity index (χ0) is 23.3. The van der Waals surface area contributed by atoms with Gasteiger partial charge in [-0.15, -0.1) is 0 Å². The van der Waals surface area contributed by atoms with E-state index in [0.29, 0.717) is 15.6 Å². The maximum atomic E-state index is 13.3. The summed E-state index contributed by atoms with van der Waals surface area (Å²) in [5.74, 6) is -1.67. The van der Waals surface area contributed by atoms with Gasteiger partial charge >= 0.3 is 0 Å². The number of sulfonamides is 1. The third-order valence-electron chi connectivity index (χ3n) is 4.60. The zero-order valence-corrected chi connectivity index (χ0v) is 19.4. The van der Waals surface area contributed by atoms with Crippen LogP contribution in [0.1, 0.15) is 12.5 Å². The summed E-state index contributed by atoms with van der Waals surface area (Å²) in [6.07, 6.45) is 0.932. The standard InChI is InChI=1S/C20H22Cl2FN3O4S/c1-13(20(28)24-2)25(11-16-17(21)5-4-6-18(16)22)19(27)12-26(31(3,29)30)15-9-7-14(23)8-10-15/h4-10,13H,11-12H2,1-3H3,(H,24,28)/t13-/m0/s1. The predicted molar refractivity (Wildman–Crippen MR) is 119 cm³/mol. The Hall–Kier alpha value is -2.36. The molecule has 2 rings (SSSR count). The Morgan fingerprint density at radius 3 is 2.13 bits per heavy atom. The van der Waals surface area contributed by atoms with E-state index in [1.807, 2.05) is 0 Å². The molecular formula is C20H22Cl2FN3O4S. The van der Waals surface area contributed by atoms with E-state index in [2.05, 4.69) is 5.32 Å². The van der Waals surface area contributed by atoms with Crippen molar-refractivity contribution in [2.45, 2.75) is 19.5 Å². The second-order valence-corrected chi connectivity index (χ2v) is 9.48. The molecule has 0 spiro atoms. The Bertz CT molecular complexity index is 1040. The Balaban J connectivity index is 2.43. The fourth-order valence-corrected chi connectivity index (χ4v) is 4.23. The Kier molecular flexibility index (Phi) is 8.27. The molecule has 31 heavy (non-hydrogen) atoms. The van der Waals surface area contributed by atoms with Crippen LogP contribution in [0.2, 0.25) is 10.0 Å². The fraction of sp³-hybridized carbons (Fsp3) is 0.300. The topological polar surface area (TPSA) is 86.8 Å². The highest BCUT2D eigenvalue weighted by molar-refractivity contribution is 7.92. The quantitative estimate of drug-likeness (QED) is 0.617. The normalized spacial score (nSPS) is 12.2. The van der Waals surface area contributed by atoms with Gasteiger partial charge in [0, 0.05) is 29.2 Å². The van der Waals surface area contributed by atoms with Gasteiger partial charge in [-0.25, -0.2) is 12.8 Å². The minimum absolute atomic E-state index is 0.112. The lowest BCUT2D eigenvalue weighted by Gasteiger charge is -2.31. The van der Waals surface area contributed by atoms with E-state index in [1.54, 1.807) is 18.2 Å². The largest absolute Gasteiger partial charge is 0.357 e. The molecule has 0 fully saturated rings. The average molecular weight is 490 g/mol. The molecule has 0 aromatic heterocycles. The van der Waals surface area contributed by atoms with Gasteiger partial charge in [0.15, 0.2) is 0 Å². The van der Waals surface area contributed by atoms with Gasteiger partial charge in [-0.3, -0.25) is 13.9 Å². The number of anilines is 1. The van der Waals surface area contributed by atoms with E-state index in [4.69, 9.17) is 23.2 Å². The maximum absolute atomic E-state index is 13.3. The molecule has 0 heterocycles. The summed E-state index contributed by atoms with van der Waals surface area (Å²) >= 11 is 12.4. The van der Waals surface area contributed by atoms with Crippen LogP contribution in [0.5, 0.6) is 0 Å². The molecule has 0 aliphatic rings. The average Bonchev–Trinajstić information content (AvgIpc) is 2.70. The number of carbonyl (C=O) groups excluding carboxylic acids is 2. The van der Waals surface area contributed by atoms with Gasteiger partial charge in [0.25, 0.3) is 0 Å². The molecule has 0 bridgehead atoms. The molecule has 2 aromatic rings. The van der Waals surface area contributed by atoms with Crippen LogP contribution in [0, 0.1) is 5.82 Å². The lowest BCUT2D eigenvalue weighted by Crippen LogP contribution is -2.50. The number of rotatable bonds is 8. The zero-order valence-electron chi connectivity index (χ0n) is 17.1. The third kappa shape index (κ3) is 6.32. The number of amides is 2. The van der Waals surface area contributed by atoms with E-state index in [0.717, 1.165) is 22.7 Å². The molecule has 0 saturated heterocycles. The molecule has 1 atom stereocenters. The van der Waals surface area contributed by atoms with E-state index in [1.165, 1.54) is 31.0 Å². The van der Waals surface area contributed by atoms with Crippen molar-refractivity contribution < 1.29 is 22.4 Å². The van der Waals surface area contributed by atoms with E-state index < -0.39 is 40.2 Å². The first kappa shape index (κ1) is 24.9. The van der Waals surface area contributed by atoms with Crippen molar-refractivity contribution >= 4 is 50.7 Å². The first-order valence-corrected chi connectivity index (χ1v) is 11.7. The first-order chi connectivity index (χ1) is 14.5. The van der Waals surface area contributed by atoms with Gasteiger partial charge in [0.05, 0.1) is 11.9 Å². The van der Waals surface area contributed by atoms with Gasteiger partial charge in [0.2, 0.25) is 21.8 Å². The smallest absolute Gasteiger partial charge is 0.244 e. The molecule has 2 amide bonds. The monoisotopic (exact) mass is 489 g/mol. The molecular weight excluding hydrogens is 468 g/mol. The van der Waals surface area contributed by atoms with Crippen molar-refractivity contribution in [3.8, 4) is 0 Å². The second-order valence-electron chi connectivity index (χ2n) is 6.76. The number of nitrogens with zero attached hydrogens (tertiary/aromatic N) is 2. The molecule has 168 valence electrons. The summed E-state index contributed by atoms with van der Waals surface area (Å²) in [5, 5.41) is 3.06. The molecule has 0 radical (unpaired) electrons. The van der Waals surface area contributed by atoms with Crippen LogP contribution in [0.3, 0.4) is 0 Å². The first-order valence-electron chi connectivity index (χ1n) is 9.13. The maximum Gasteiger partial charge on any atom is 0.244 e. The van der Waals surface area contributed by atoms with Crippen LogP contribution < -0.4 is 9.62 Å². The van der Waals surface area contributed by atoms with E-state index in [9.17, 15) is 22.4 Å². The highest BCUT2D eigenvalue weighted by atomic mass is 35.5. The Labute approximate surface area is 190 Å². The van der Waals surface area contributed by atoms with Crippen molar-refractivity contribution in [1.82, 2.24) is 10.2 Å². The van der Waals surface area contributed by atoms with E-state index in [-0.39, 0.29) is 12.2 Å². The number of carbonyl (C=O) groups is 2. The number of nitrogens with one attached hydrogen (secondary N) is 1. The molecule has 0 aliphatic carbocycles. The van der Waals surface area contributed by atoms with Gasteiger partial charge in [0.1, 0.15) is 18.4 Å². The predicted octanol–water partition coefficient (Wildman–Crippen LogP) is 3.06. The molecule has 0 unspecified atom stereocenters. The lowest BCUT2D eigenvalue weighted by molar-refractivity contribution is -0.139. The van der Waals surface area contributed by atoms with Gasteiger partial charge in [-0.2, -0.15) is 0 Å². The molecule has 11 heteroatoms. The van der Waals surface area contributed by atoms with Crippen LogP contribution in [-0.2, 0) is 26.2 Å². The summed E-state index contributed by atoms with van der Waals surface area (Å²) in [7, 11) is -2.47. The minimum Gasteiger partial charge on any atom is -0.357 e. The van der Waals surface area contributed by atoms with Gasteiger partial charge in [-0.1, -0.05) is 29.3 Å². The van der Waals surface area contributed by atoms with Crippen LogP contribution in [-0.4, -0.2) is 51.0 Å². The number of halogens is 3. The third-order valence-corrected chi connectivity index (χ3v) is 6.45. The number of likely N-dealkylation sites (N-methyl/N-ethyl adjacent to an activating group) is 1. The van der Waals surface area contributed by atoms with Crippen LogP contribution in [0.25, 0.3) is 0 Å². The highest BCUT2D eigenvalue weighted by Gasteiger charge is 2.30. The SMILES string of the molecule is CNC(=O)[C@H](C)N(Cc1c(Cl)cccc1Cl)C(=O)CN(c1ccc(F)cc1)S(C)(=O)=O. The van der Waals surface area contributed by atoms with Gasteiger partial charge in [-0.05, 0) is 43.3 Å². The highest BCUT2D eigenvalue weighted by Crippen LogP contribution is 2.27. The molecule has 2 aromatic carbocycles. The summed E-state index contributed by atoms with van der Waals surface area (Å²) in [6, 6.07) is 8.57. The molecule has 7 nitrogen and oxygen atoms in total. The van der Waals surface area contributed by atoms with Crippen molar-refractivity contribution in [3.63, 3.8) is 0 Å². The van der Waals surface area contributed by atoms with Crippen molar-refractivity contribution in [2.24, 2.45) is 0 Å². The minimum atomic E-state index is -3.89. The fourth-order valence-electron chi connectivity index (χ4n) is 2.87. The van der Waals surface area contributed by atoms with Gasteiger partial charge < -0.3 is 10.2 Å². The van der Waals surface area contributed by atoms with E-state index >= 15 is 0 Å². The number of hydrogen-bond acceptors (Lipinski definition) is 4. The summed E-state index contributed by atoms with van der Waals surface area (Å²) in [5.41, 5.74) is 0.531. The van der Waals surface area contributed by atoms with Crippen LogP contribution >= 0.6 is 23.2 Å². The summed E-state index contributed by atoms with van der Waals surface area (Å²) in [4.78, 5) is 26.7. The van der Waals surface area contributed by atoms with Crippen LogP contribution in [0.15, 0.2) is 42.5 Å². The lowest BCUT2D eigenvalue weighted by atomic mass is 10.1. The Morgan fingerprint density at radius 1 is 1.10 bits per heavy atom.